The number of pyridine rings is 1. The standard InChI is InChI=1S/C16H19NO2/c1-3-19-15-9-14(10-17-11-15)16(18)12(2)13-7-5-4-6-8-13/h4-12,16,18H,3H2,1-2H3. The van der Waals surface area contributed by atoms with Gasteiger partial charge in [-0.2, -0.15) is 0 Å². The summed E-state index contributed by atoms with van der Waals surface area (Å²) in [6.07, 6.45) is 2.76. The van der Waals surface area contributed by atoms with Crippen LogP contribution in [0.4, 0.5) is 0 Å². The molecule has 0 radical (unpaired) electrons. The molecule has 2 unspecified atom stereocenters. The van der Waals surface area contributed by atoms with E-state index in [1.54, 1.807) is 12.4 Å². The third-order valence-corrected chi connectivity index (χ3v) is 3.19. The highest BCUT2D eigenvalue weighted by atomic mass is 16.5. The highest BCUT2D eigenvalue weighted by molar-refractivity contribution is 5.29. The van der Waals surface area contributed by atoms with Crippen LogP contribution < -0.4 is 4.74 Å². The average Bonchev–Trinajstić information content (AvgIpc) is 2.47. The Morgan fingerprint density at radius 2 is 1.89 bits per heavy atom. The van der Waals surface area contributed by atoms with Gasteiger partial charge in [0.15, 0.2) is 0 Å². The van der Waals surface area contributed by atoms with Gasteiger partial charge in [-0.15, -0.1) is 0 Å². The van der Waals surface area contributed by atoms with Crippen molar-refractivity contribution < 1.29 is 9.84 Å². The van der Waals surface area contributed by atoms with E-state index in [2.05, 4.69) is 4.98 Å². The molecule has 2 atom stereocenters. The monoisotopic (exact) mass is 257 g/mol. The molecule has 0 saturated heterocycles. The van der Waals surface area contributed by atoms with Crippen molar-refractivity contribution in [1.82, 2.24) is 4.98 Å². The van der Waals surface area contributed by atoms with E-state index >= 15 is 0 Å². The summed E-state index contributed by atoms with van der Waals surface area (Å²) in [7, 11) is 0. The fourth-order valence-corrected chi connectivity index (χ4v) is 2.07. The van der Waals surface area contributed by atoms with Crippen LogP contribution in [0.3, 0.4) is 0 Å². The van der Waals surface area contributed by atoms with Gasteiger partial charge in [0.25, 0.3) is 0 Å². The van der Waals surface area contributed by atoms with Crippen molar-refractivity contribution in [2.24, 2.45) is 0 Å². The van der Waals surface area contributed by atoms with Crippen LogP contribution in [0.5, 0.6) is 5.75 Å². The van der Waals surface area contributed by atoms with E-state index in [-0.39, 0.29) is 5.92 Å². The second kappa shape index (κ2) is 6.34. The number of aromatic nitrogens is 1. The first kappa shape index (κ1) is 13.6. The van der Waals surface area contributed by atoms with Gasteiger partial charge in [0, 0.05) is 17.7 Å². The lowest BCUT2D eigenvalue weighted by Gasteiger charge is -2.19. The van der Waals surface area contributed by atoms with Crippen LogP contribution in [0.2, 0.25) is 0 Å². The lowest BCUT2D eigenvalue weighted by Crippen LogP contribution is -2.08. The van der Waals surface area contributed by atoms with Crippen LogP contribution in [0, 0.1) is 0 Å². The molecule has 2 aromatic rings. The molecule has 2 rings (SSSR count). The maximum Gasteiger partial charge on any atom is 0.137 e. The first-order valence-electron chi connectivity index (χ1n) is 6.53. The Bertz CT molecular complexity index is 513. The molecule has 0 bridgehead atoms. The average molecular weight is 257 g/mol. The van der Waals surface area contributed by atoms with E-state index < -0.39 is 6.10 Å². The molecule has 0 amide bonds. The molecule has 3 nitrogen and oxygen atoms in total. The van der Waals surface area contributed by atoms with Crippen LogP contribution in [0.25, 0.3) is 0 Å². The quantitative estimate of drug-likeness (QED) is 0.893. The molecular weight excluding hydrogens is 238 g/mol. The summed E-state index contributed by atoms with van der Waals surface area (Å²) in [4.78, 5) is 4.12. The van der Waals surface area contributed by atoms with Gasteiger partial charge >= 0.3 is 0 Å². The number of aliphatic hydroxyl groups excluding tert-OH is 1. The van der Waals surface area contributed by atoms with E-state index in [9.17, 15) is 5.11 Å². The molecule has 100 valence electrons. The van der Waals surface area contributed by atoms with E-state index in [0.717, 1.165) is 11.1 Å². The van der Waals surface area contributed by atoms with Crippen molar-refractivity contribution >= 4 is 0 Å². The molecule has 0 aliphatic heterocycles. The van der Waals surface area contributed by atoms with Crippen molar-refractivity contribution in [3.05, 3.63) is 59.9 Å². The summed E-state index contributed by atoms with van der Waals surface area (Å²) >= 11 is 0. The number of ether oxygens (including phenoxy) is 1. The smallest absolute Gasteiger partial charge is 0.137 e. The predicted octanol–water partition coefficient (Wildman–Crippen LogP) is 3.32. The van der Waals surface area contributed by atoms with Crippen molar-refractivity contribution in [3.8, 4) is 5.75 Å². The summed E-state index contributed by atoms with van der Waals surface area (Å²) < 4.78 is 5.41. The number of nitrogens with zero attached hydrogens (tertiary/aromatic N) is 1. The van der Waals surface area contributed by atoms with Crippen molar-refractivity contribution in [2.45, 2.75) is 25.9 Å². The van der Waals surface area contributed by atoms with Gasteiger partial charge in [0.2, 0.25) is 0 Å². The molecule has 1 N–H and O–H groups in total. The third-order valence-electron chi connectivity index (χ3n) is 3.19. The Balaban J connectivity index is 2.19. The Morgan fingerprint density at radius 1 is 1.16 bits per heavy atom. The first-order valence-corrected chi connectivity index (χ1v) is 6.53. The van der Waals surface area contributed by atoms with Crippen LogP contribution in [-0.2, 0) is 0 Å². The highest BCUT2D eigenvalue weighted by Gasteiger charge is 2.18. The summed E-state index contributed by atoms with van der Waals surface area (Å²) in [5.74, 6) is 0.708. The molecule has 0 aliphatic rings. The summed E-state index contributed by atoms with van der Waals surface area (Å²) in [6.45, 7) is 4.53. The normalized spacial score (nSPS) is 13.8. The third kappa shape index (κ3) is 3.32. The van der Waals surface area contributed by atoms with Gasteiger partial charge in [0.1, 0.15) is 5.75 Å². The predicted molar refractivity (Wildman–Crippen MR) is 75.2 cm³/mol. The number of hydrogen-bond acceptors (Lipinski definition) is 3. The number of hydrogen-bond donors (Lipinski definition) is 1. The van der Waals surface area contributed by atoms with E-state index in [1.807, 2.05) is 50.2 Å². The Morgan fingerprint density at radius 3 is 2.58 bits per heavy atom. The minimum Gasteiger partial charge on any atom is -0.492 e. The van der Waals surface area contributed by atoms with Crippen molar-refractivity contribution in [1.29, 1.82) is 0 Å². The largest absolute Gasteiger partial charge is 0.492 e. The van der Waals surface area contributed by atoms with Gasteiger partial charge < -0.3 is 9.84 Å². The molecule has 1 aromatic heterocycles. The zero-order valence-electron chi connectivity index (χ0n) is 11.3. The fraction of sp³-hybridized carbons (Fsp3) is 0.312. The molecule has 1 aromatic carbocycles. The fourth-order valence-electron chi connectivity index (χ4n) is 2.07. The molecule has 3 heteroatoms. The minimum atomic E-state index is -0.588. The van der Waals surface area contributed by atoms with Gasteiger partial charge in [-0.3, -0.25) is 4.98 Å². The van der Waals surface area contributed by atoms with Crippen LogP contribution in [-0.4, -0.2) is 16.7 Å². The lowest BCUT2D eigenvalue weighted by molar-refractivity contribution is 0.150. The Hall–Kier alpha value is -1.87. The second-order valence-corrected chi connectivity index (χ2v) is 4.53. The van der Waals surface area contributed by atoms with Crippen molar-refractivity contribution in [2.75, 3.05) is 6.61 Å². The molecular formula is C16H19NO2. The zero-order chi connectivity index (χ0) is 13.7. The van der Waals surface area contributed by atoms with Crippen LogP contribution in [0.15, 0.2) is 48.8 Å². The molecule has 19 heavy (non-hydrogen) atoms. The minimum absolute atomic E-state index is 0.0138. The van der Waals surface area contributed by atoms with Crippen LogP contribution in [0.1, 0.15) is 37.0 Å². The molecule has 1 heterocycles. The molecule has 0 aliphatic carbocycles. The summed E-state index contributed by atoms with van der Waals surface area (Å²) in [5.41, 5.74) is 1.89. The highest BCUT2D eigenvalue weighted by Crippen LogP contribution is 2.31. The number of aliphatic hydroxyl groups is 1. The molecule has 0 saturated carbocycles. The maximum absolute atomic E-state index is 10.4. The zero-order valence-corrected chi connectivity index (χ0v) is 11.3. The summed E-state index contributed by atoms with van der Waals surface area (Å²) in [5, 5.41) is 10.4. The van der Waals surface area contributed by atoms with E-state index in [1.165, 1.54) is 0 Å². The van der Waals surface area contributed by atoms with Gasteiger partial charge in [-0.25, -0.2) is 0 Å². The number of rotatable bonds is 5. The Kier molecular flexibility index (Phi) is 4.53. The maximum atomic E-state index is 10.4. The van der Waals surface area contributed by atoms with Gasteiger partial charge in [0.05, 0.1) is 18.9 Å². The summed E-state index contributed by atoms with van der Waals surface area (Å²) in [6, 6.07) is 11.8. The van der Waals surface area contributed by atoms with E-state index in [4.69, 9.17) is 4.74 Å². The Labute approximate surface area is 113 Å². The van der Waals surface area contributed by atoms with E-state index in [0.29, 0.717) is 12.4 Å². The topological polar surface area (TPSA) is 42.4 Å². The second-order valence-electron chi connectivity index (χ2n) is 4.53. The van der Waals surface area contributed by atoms with Crippen molar-refractivity contribution in [3.63, 3.8) is 0 Å². The molecule has 0 spiro atoms. The SMILES string of the molecule is CCOc1cncc(C(O)C(C)c2ccccc2)c1. The number of benzene rings is 1. The van der Waals surface area contributed by atoms with Crippen LogP contribution >= 0.6 is 0 Å². The van der Waals surface area contributed by atoms with Gasteiger partial charge in [-0.05, 0) is 18.6 Å². The molecule has 0 fully saturated rings. The lowest BCUT2D eigenvalue weighted by atomic mass is 9.91. The first-order chi connectivity index (χ1) is 9.22. The van der Waals surface area contributed by atoms with Gasteiger partial charge in [-0.1, -0.05) is 37.3 Å².